The molecule has 0 saturated carbocycles. The summed E-state index contributed by atoms with van der Waals surface area (Å²) in [5, 5.41) is 9.48. The van der Waals surface area contributed by atoms with Crippen LogP contribution in [0, 0.1) is 0 Å². The number of carbonyl (C=O) groups is 1. The summed E-state index contributed by atoms with van der Waals surface area (Å²) in [6, 6.07) is 22.6. The molecule has 0 aliphatic carbocycles. The maximum atomic E-state index is 12.0. The molecule has 0 bridgehead atoms. The number of amides is 1. The van der Waals surface area contributed by atoms with Crippen LogP contribution in [-0.2, 0) is 4.79 Å². The van der Waals surface area contributed by atoms with E-state index >= 15 is 0 Å². The molecule has 1 amide bonds. The number of hydrogen-bond donors (Lipinski definition) is 2. The molecule has 3 rings (SSSR count). The minimum Gasteiger partial charge on any atom is -0.376 e. The van der Waals surface area contributed by atoms with Crippen LogP contribution < -0.4 is 10.7 Å². The first-order valence-corrected chi connectivity index (χ1v) is 9.84. The van der Waals surface area contributed by atoms with Gasteiger partial charge in [-0.3, -0.25) is 4.79 Å². The zero-order chi connectivity index (χ0) is 20.6. The van der Waals surface area contributed by atoms with Crippen LogP contribution in [0.5, 0.6) is 0 Å². The van der Waals surface area contributed by atoms with Gasteiger partial charge in [0, 0.05) is 5.69 Å². The Labute approximate surface area is 172 Å². The number of nitrogens with one attached hydrogen (secondary N) is 2. The highest BCUT2D eigenvalue weighted by molar-refractivity contribution is 5.88. The van der Waals surface area contributed by atoms with Crippen molar-refractivity contribution in [1.29, 1.82) is 0 Å². The van der Waals surface area contributed by atoms with Gasteiger partial charge < -0.3 is 5.32 Å². The van der Waals surface area contributed by atoms with Crippen molar-refractivity contribution in [2.45, 2.75) is 26.7 Å². The summed E-state index contributed by atoms with van der Waals surface area (Å²) in [5.74, 6) is 0.331. The lowest BCUT2D eigenvalue weighted by atomic mass is 10.0. The molecule has 0 heterocycles. The quantitative estimate of drug-likeness (QED) is 0.412. The third kappa shape index (κ3) is 6.04. The lowest BCUT2D eigenvalue weighted by molar-refractivity contribution is -0.119. The van der Waals surface area contributed by atoms with Crippen molar-refractivity contribution >= 4 is 34.7 Å². The Hall–Kier alpha value is -3.40. The Morgan fingerprint density at radius 3 is 2.45 bits per heavy atom. The lowest BCUT2D eigenvalue weighted by Crippen LogP contribution is -2.25. The largest absolute Gasteiger partial charge is 0.376 e. The number of hydrazone groups is 1. The maximum absolute atomic E-state index is 12.0. The van der Waals surface area contributed by atoms with Crippen LogP contribution in [0.1, 0.15) is 37.8 Å². The highest BCUT2D eigenvalue weighted by Crippen LogP contribution is 2.18. The van der Waals surface area contributed by atoms with Crippen LogP contribution >= 0.6 is 0 Å². The monoisotopic (exact) mass is 385 g/mol. The van der Waals surface area contributed by atoms with E-state index in [0.717, 1.165) is 22.2 Å². The fourth-order valence-electron chi connectivity index (χ4n) is 3.00. The van der Waals surface area contributed by atoms with Crippen LogP contribution in [0.25, 0.3) is 16.8 Å². The molecule has 0 unspecified atom stereocenters. The van der Waals surface area contributed by atoms with Gasteiger partial charge >= 0.3 is 0 Å². The Morgan fingerprint density at radius 1 is 1.00 bits per heavy atom. The molecular formula is C25H27N3O. The van der Waals surface area contributed by atoms with Crippen LogP contribution in [0.15, 0.2) is 77.4 Å². The number of anilines is 1. The molecule has 0 saturated heterocycles. The van der Waals surface area contributed by atoms with E-state index < -0.39 is 0 Å². The lowest BCUT2D eigenvalue weighted by Gasteiger charge is -2.07. The number of benzene rings is 3. The van der Waals surface area contributed by atoms with Crippen LogP contribution in [0.2, 0.25) is 0 Å². The molecular weight excluding hydrogens is 358 g/mol. The van der Waals surface area contributed by atoms with E-state index in [2.05, 4.69) is 66.1 Å². The summed E-state index contributed by atoms with van der Waals surface area (Å²) in [4.78, 5) is 12.0. The van der Waals surface area contributed by atoms with Crippen LogP contribution in [0.4, 0.5) is 5.69 Å². The normalized spacial score (nSPS) is 11.9. The summed E-state index contributed by atoms with van der Waals surface area (Å²) in [5.41, 5.74) is 6.86. The first-order valence-electron chi connectivity index (χ1n) is 9.84. The molecule has 4 nitrogen and oxygen atoms in total. The number of nitrogens with zero attached hydrogens (tertiary/aromatic N) is 1. The molecule has 0 fully saturated rings. The van der Waals surface area contributed by atoms with E-state index in [9.17, 15) is 4.79 Å². The third-order valence-electron chi connectivity index (χ3n) is 4.66. The Morgan fingerprint density at radius 2 is 1.72 bits per heavy atom. The van der Waals surface area contributed by atoms with E-state index in [1.807, 2.05) is 43.3 Å². The smallest absolute Gasteiger partial charge is 0.259 e. The van der Waals surface area contributed by atoms with E-state index in [0.29, 0.717) is 5.92 Å². The van der Waals surface area contributed by atoms with Crippen LogP contribution in [-0.4, -0.2) is 18.7 Å². The molecule has 0 radical (unpaired) electrons. The minimum absolute atomic E-state index is 0.162. The van der Waals surface area contributed by atoms with Crippen molar-refractivity contribution in [3.8, 4) is 0 Å². The predicted molar refractivity (Wildman–Crippen MR) is 123 cm³/mol. The zero-order valence-electron chi connectivity index (χ0n) is 17.1. The Balaban J connectivity index is 1.49. The SMILES string of the molecule is CC(/C=N/NC(=O)CNc1ccc2ccccc2c1)=C\c1ccc(C(C)C)cc1. The molecule has 0 aromatic heterocycles. The van der Waals surface area contributed by atoms with Gasteiger partial charge in [-0.2, -0.15) is 5.10 Å². The Bertz CT molecular complexity index is 1030. The fourth-order valence-corrected chi connectivity index (χ4v) is 3.00. The van der Waals surface area contributed by atoms with Crippen molar-refractivity contribution in [3.63, 3.8) is 0 Å². The minimum atomic E-state index is -0.191. The van der Waals surface area contributed by atoms with Gasteiger partial charge in [0.15, 0.2) is 0 Å². The first kappa shape index (κ1) is 20.3. The van der Waals surface area contributed by atoms with E-state index in [4.69, 9.17) is 0 Å². The van der Waals surface area contributed by atoms with Crippen molar-refractivity contribution in [3.05, 3.63) is 83.4 Å². The summed E-state index contributed by atoms with van der Waals surface area (Å²) in [6.45, 7) is 6.48. The summed E-state index contributed by atoms with van der Waals surface area (Å²) < 4.78 is 0. The van der Waals surface area contributed by atoms with Gasteiger partial charge in [0.25, 0.3) is 5.91 Å². The van der Waals surface area contributed by atoms with Gasteiger partial charge in [-0.15, -0.1) is 0 Å². The van der Waals surface area contributed by atoms with E-state index in [1.54, 1.807) is 6.21 Å². The van der Waals surface area contributed by atoms with Crippen molar-refractivity contribution in [2.75, 3.05) is 11.9 Å². The molecule has 0 aliphatic rings. The molecule has 29 heavy (non-hydrogen) atoms. The van der Waals surface area contributed by atoms with Crippen molar-refractivity contribution in [2.24, 2.45) is 5.10 Å². The van der Waals surface area contributed by atoms with Gasteiger partial charge in [-0.1, -0.05) is 74.5 Å². The summed E-state index contributed by atoms with van der Waals surface area (Å²) in [6.07, 6.45) is 3.69. The molecule has 4 heteroatoms. The van der Waals surface area contributed by atoms with Crippen molar-refractivity contribution < 1.29 is 4.79 Å². The van der Waals surface area contributed by atoms with Gasteiger partial charge in [0.1, 0.15) is 0 Å². The maximum Gasteiger partial charge on any atom is 0.259 e. The summed E-state index contributed by atoms with van der Waals surface area (Å²) >= 11 is 0. The number of rotatable bonds is 7. The second-order valence-electron chi connectivity index (χ2n) is 7.42. The topological polar surface area (TPSA) is 53.5 Å². The van der Waals surface area contributed by atoms with Crippen LogP contribution in [0.3, 0.4) is 0 Å². The molecule has 3 aromatic carbocycles. The van der Waals surface area contributed by atoms with Gasteiger partial charge in [-0.25, -0.2) is 5.43 Å². The van der Waals surface area contributed by atoms with E-state index in [-0.39, 0.29) is 12.5 Å². The highest BCUT2D eigenvalue weighted by Gasteiger charge is 2.01. The average molecular weight is 386 g/mol. The number of allylic oxidation sites excluding steroid dienone is 1. The number of hydrogen-bond acceptors (Lipinski definition) is 3. The van der Waals surface area contributed by atoms with Crippen molar-refractivity contribution in [1.82, 2.24) is 5.43 Å². The molecule has 3 aromatic rings. The third-order valence-corrected chi connectivity index (χ3v) is 4.66. The van der Waals surface area contributed by atoms with Gasteiger partial charge in [-0.05, 0) is 52.4 Å². The standard InChI is InChI=1S/C25H27N3O/c1-18(2)21-10-8-20(9-11-21)14-19(3)16-27-28-25(29)17-26-24-13-12-22-6-4-5-7-23(22)15-24/h4-16,18,26H,17H2,1-3H3,(H,28,29)/b19-14+,27-16+. The highest BCUT2D eigenvalue weighted by atomic mass is 16.2. The molecule has 0 atom stereocenters. The van der Waals surface area contributed by atoms with E-state index in [1.165, 1.54) is 10.9 Å². The predicted octanol–water partition coefficient (Wildman–Crippen LogP) is 5.58. The number of carbonyl (C=O) groups excluding carboxylic acids is 1. The molecule has 0 spiro atoms. The first-order chi connectivity index (χ1) is 14.0. The summed E-state index contributed by atoms with van der Waals surface area (Å²) in [7, 11) is 0. The average Bonchev–Trinajstić information content (AvgIpc) is 2.72. The fraction of sp³-hybridized carbons (Fsp3) is 0.200. The second kappa shape index (κ2) is 9.69. The van der Waals surface area contributed by atoms with Gasteiger partial charge in [0.05, 0.1) is 12.8 Å². The zero-order valence-corrected chi connectivity index (χ0v) is 17.1. The number of fused-ring (bicyclic) bond motifs is 1. The molecule has 0 aliphatic heterocycles. The second-order valence-corrected chi connectivity index (χ2v) is 7.42. The molecule has 2 N–H and O–H groups in total. The van der Waals surface area contributed by atoms with Gasteiger partial charge in [0.2, 0.25) is 0 Å². The molecule has 148 valence electrons. The Kier molecular flexibility index (Phi) is 6.80.